The van der Waals surface area contributed by atoms with Gasteiger partial charge in [0.2, 0.25) is 10.0 Å². The Kier molecular flexibility index (Phi) is 7.01. The predicted molar refractivity (Wildman–Crippen MR) is 133 cm³/mol. The van der Waals surface area contributed by atoms with E-state index in [-0.39, 0.29) is 36.1 Å². The van der Waals surface area contributed by atoms with Crippen LogP contribution in [-0.2, 0) is 22.4 Å². The zero-order valence-corrected chi connectivity index (χ0v) is 21.3. The van der Waals surface area contributed by atoms with Gasteiger partial charge in [0, 0.05) is 24.2 Å². The third-order valence-electron chi connectivity index (χ3n) is 7.71. The van der Waals surface area contributed by atoms with E-state index in [0.717, 1.165) is 6.42 Å². The molecule has 2 aromatic carbocycles. The van der Waals surface area contributed by atoms with Crippen LogP contribution in [0, 0.1) is 11.8 Å². The standard InChI is InChI=1S/C27H25F6N3O2S/c1-2-16-15-36-10-8-17(16)11-24(36)25(22-7-9-34-23-6-4-3-5-21(22)23)35-39(37,38)20-13-18(26(28,29)30)12-19(14-20)27(31,32)33/h2-7,9,12-14,16-17,24-25,35H,1,8,10-11,15H2/t16-,17-,24-,25-/m0/s1. The summed E-state index contributed by atoms with van der Waals surface area (Å²) in [5.41, 5.74) is -2.27. The van der Waals surface area contributed by atoms with E-state index in [9.17, 15) is 34.8 Å². The molecule has 1 unspecified atom stereocenters. The molecule has 1 N–H and O–H groups in total. The first-order chi connectivity index (χ1) is 18.3. The Bertz CT molecular complexity index is 1470. The largest absolute Gasteiger partial charge is 0.416 e. The molecule has 0 amide bonds. The molecule has 6 rings (SSSR count). The van der Waals surface area contributed by atoms with E-state index in [1.54, 1.807) is 30.3 Å². The number of rotatable bonds is 6. The number of hydrogen-bond acceptors (Lipinski definition) is 4. The maximum atomic E-state index is 13.6. The highest BCUT2D eigenvalue weighted by Gasteiger charge is 2.45. The highest BCUT2D eigenvalue weighted by Crippen LogP contribution is 2.43. The number of fused-ring (bicyclic) bond motifs is 4. The Labute approximate surface area is 221 Å². The summed E-state index contributed by atoms with van der Waals surface area (Å²) in [6, 6.07) is 7.70. The fourth-order valence-electron chi connectivity index (χ4n) is 5.78. The molecule has 0 aliphatic carbocycles. The van der Waals surface area contributed by atoms with Gasteiger partial charge in [-0.15, -0.1) is 6.58 Å². The first-order valence-electron chi connectivity index (χ1n) is 12.3. The second-order valence-electron chi connectivity index (χ2n) is 10.0. The third-order valence-corrected chi connectivity index (χ3v) is 9.13. The van der Waals surface area contributed by atoms with Gasteiger partial charge in [-0.25, -0.2) is 13.1 Å². The molecule has 5 nitrogen and oxygen atoms in total. The maximum absolute atomic E-state index is 13.6. The van der Waals surface area contributed by atoms with Gasteiger partial charge < -0.3 is 0 Å². The molecule has 5 atom stereocenters. The Hall–Kier alpha value is -2.96. The normalized spacial score (nSPS) is 24.6. The van der Waals surface area contributed by atoms with E-state index >= 15 is 0 Å². The van der Waals surface area contributed by atoms with Crippen molar-refractivity contribution >= 4 is 20.9 Å². The minimum atomic E-state index is -5.18. The van der Waals surface area contributed by atoms with Gasteiger partial charge in [0.1, 0.15) is 0 Å². The van der Waals surface area contributed by atoms with Crippen molar-refractivity contribution in [1.82, 2.24) is 14.6 Å². The van der Waals surface area contributed by atoms with Gasteiger partial charge in [0.25, 0.3) is 0 Å². The number of pyridine rings is 1. The summed E-state index contributed by atoms with van der Waals surface area (Å²) >= 11 is 0. The monoisotopic (exact) mass is 569 g/mol. The molecular weight excluding hydrogens is 544 g/mol. The average molecular weight is 570 g/mol. The number of alkyl halides is 6. The Morgan fingerprint density at radius 1 is 1.03 bits per heavy atom. The van der Waals surface area contributed by atoms with Crippen LogP contribution in [0.3, 0.4) is 0 Å². The molecule has 208 valence electrons. The average Bonchev–Trinajstić information content (AvgIpc) is 2.90. The second kappa shape index (κ2) is 9.90. The van der Waals surface area contributed by atoms with Crippen LogP contribution >= 0.6 is 0 Å². The van der Waals surface area contributed by atoms with Crippen LogP contribution in [0.5, 0.6) is 0 Å². The summed E-state index contributed by atoms with van der Waals surface area (Å²) in [5.74, 6) is 0.433. The molecule has 3 aromatic rings. The zero-order valence-electron chi connectivity index (χ0n) is 20.5. The number of halogens is 6. The summed E-state index contributed by atoms with van der Waals surface area (Å²) in [5, 5.41) is 0.635. The predicted octanol–water partition coefficient (Wildman–Crippen LogP) is 6.19. The summed E-state index contributed by atoms with van der Waals surface area (Å²) in [4.78, 5) is 5.33. The summed E-state index contributed by atoms with van der Waals surface area (Å²) < 4.78 is 111. The van der Waals surface area contributed by atoms with Gasteiger partial charge in [-0.1, -0.05) is 24.3 Å². The fourth-order valence-corrected chi connectivity index (χ4v) is 7.10. The summed E-state index contributed by atoms with van der Waals surface area (Å²) in [6.45, 7) is 5.21. The Balaban J connectivity index is 1.62. The van der Waals surface area contributed by atoms with E-state index < -0.39 is 44.4 Å². The van der Waals surface area contributed by atoms with E-state index in [4.69, 9.17) is 0 Å². The minimum absolute atomic E-state index is 0.0892. The lowest BCUT2D eigenvalue weighted by Crippen LogP contribution is -2.57. The number of sulfonamides is 1. The molecular formula is C27H25F6N3O2S. The van der Waals surface area contributed by atoms with Crippen LogP contribution in [0.4, 0.5) is 26.3 Å². The molecule has 1 aromatic heterocycles. The van der Waals surface area contributed by atoms with Crippen molar-refractivity contribution in [2.45, 2.75) is 42.2 Å². The molecule has 0 saturated carbocycles. The number of nitrogens with one attached hydrogen (secondary N) is 1. The first kappa shape index (κ1) is 27.6. The smallest absolute Gasteiger partial charge is 0.298 e. The fraction of sp³-hybridized carbons (Fsp3) is 0.370. The lowest BCUT2D eigenvalue weighted by Gasteiger charge is -2.51. The van der Waals surface area contributed by atoms with Crippen molar-refractivity contribution < 1.29 is 34.8 Å². The van der Waals surface area contributed by atoms with Crippen molar-refractivity contribution in [3.63, 3.8) is 0 Å². The summed E-state index contributed by atoms with van der Waals surface area (Å²) in [6.07, 6.45) is -5.52. The van der Waals surface area contributed by atoms with Crippen molar-refractivity contribution in [2.24, 2.45) is 11.8 Å². The molecule has 3 aliphatic rings. The zero-order chi connectivity index (χ0) is 28.2. The lowest BCUT2D eigenvalue weighted by molar-refractivity contribution is -0.143. The van der Waals surface area contributed by atoms with Crippen molar-refractivity contribution in [3.8, 4) is 0 Å². The van der Waals surface area contributed by atoms with Crippen molar-refractivity contribution in [2.75, 3.05) is 13.1 Å². The molecule has 3 aliphatic heterocycles. The number of aromatic nitrogens is 1. The van der Waals surface area contributed by atoms with Crippen molar-refractivity contribution in [3.05, 3.63) is 84.1 Å². The number of nitrogens with zero attached hydrogens (tertiary/aromatic N) is 2. The third kappa shape index (κ3) is 5.42. The second-order valence-corrected chi connectivity index (χ2v) is 11.7. The number of para-hydroxylation sites is 1. The molecule has 3 saturated heterocycles. The lowest BCUT2D eigenvalue weighted by atomic mass is 9.73. The van der Waals surface area contributed by atoms with Gasteiger partial charge in [0.05, 0.1) is 27.6 Å². The van der Waals surface area contributed by atoms with Crippen LogP contribution in [0.2, 0.25) is 0 Å². The van der Waals surface area contributed by atoms with Gasteiger partial charge in [-0.2, -0.15) is 26.3 Å². The molecule has 0 radical (unpaired) electrons. The molecule has 0 spiro atoms. The molecule has 39 heavy (non-hydrogen) atoms. The molecule has 12 heteroatoms. The quantitative estimate of drug-likeness (QED) is 0.284. The minimum Gasteiger partial charge on any atom is -0.298 e. The van der Waals surface area contributed by atoms with Gasteiger partial charge in [-0.05, 0) is 67.1 Å². The van der Waals surface area contributed by atoms with Crippen molar-refractivity contribution in [1.29, 1.82) is 0 Å². The molecule has 3 fully saturated rings. The van der Waals surface area contributed by atoms with E-state index in [0.29, 0.717) is 36.0 Å². The van der Waals surface area contributed by atoms with E-state index in [1.807, 2.05) is 6.08 Å². The van der Waals surface area contributed by atoms with Gasteiger partial charge >= 0.3 is 12.4 Å². The van der Waals surface area contributed by atoms with Crippen LogP contribution in [-0.4, -0.2) is 37.4 Å². The van der Waals surface area contributed by atoms with Gasteiger partial charge in [-0.3, -0.25) is 9.88 Å². The number of benzene rings is 2. The Morgan fingerprint density at radius 2 is 1.69 bits per heavy atom. The van der Waals surface area contributed by atoms with Crippen LogP contribution in [0.15, 0.2) is 72.3 Å². The SMILES string of the molecule is C=C[C@H]1CN2CC[C@H]1C[C@H]2[C@@H](NS(=O)(=O)c1cc(C(F)(F)F)cc(C(F)(F)F)c1)c1ccnc2ccccc12. The number of hydrogen-bond donors (Lipinski definition) is 1. The highest BCUT2D eigenvalue weighted by molar-refractivity contribution is 7.89. The Morgan fingerprint density at radius 3 is 2.28 bits per heavy atom. The van der Waals surface area contributed by atoms with Crippen LogP contribution < -0.4 is 4.72 Å². The summed E-state index contributed by atoms with van der Waals surface area (Å²) in [7, 11) is -4.84. The maximum Gasteiger partial charge on any atom is 0.416 e. The van der Waals surface area contributed by atoms with E-state index in [1.165, 1.54) is 6.20 Å². The highest BCUT2D eigenvalue weighted by atomic mass is 32.2. The topological polar surface area (TPSA) is 62.3 Å². The van der Waals surface area contributed by atoms with Crippen LogP contribution in [0.25, 0.3) is 10.9 Å². The van der Waals surface area contributed by atoms with Crippen LogP contribution in [0.1, 0.15) is 35.6 Å². The molecule has 4 heterocycles. The molecule has 2 bridgehead atoms. The van der Waals surface area contributed by atoms with E-state index in [2.05, 4.69) is 21.2 Å². The number of piperidine rings is 3. The first-order valence-corrected chi connectivity index (χ1v) is 13.8. The van der Waals surface area contributed by atoms with Gasteiger partial charge in [0.15, 0.2) is 0 Å².